The van der Waals surface area contributed by atoms with E-state index in [2.05, 4.69) is 67.9 Å². The number of nitrogens with zero attached hydrogens (tertiary/aromatic N) is 3. The predicted molar refractivity (Wildman–Crippen MR) is 125 cm³/mol. The fourth-order valence-corrected chi connectivity index (χ4v) is 4.22. The molecule has 29 heavy (non-hydrogen) atoms. The Morgan fingerprint density at radius 2 is 1.62 bits per heavy atom. The molecule has 1 aliphatic rings. The molecule has 0 bridgehead atoms. The summed E-state index contributed by atoms with van der Waals surface area (Å²) in [6, 6.07) is 17.7. The summed E-state index contributed by atoms with van der Waals surface area (Å²) in [6.07, 6.45) is 4.60. The smallest absolute Gasteiger partial charge is 0.225 e. The average Bonchev–Trinajstić information content (AvgIpc) is 2.74. The maximum atomic E-state index is 4.78. The molecule has 6 heteroatoms. The zero-order valence-electron chi connectivity index (χ0n) is 17.0. The molecule has 1 heterocycles. The first-order chi connectivity index (χ1) is 14.1. The molecule has 152 valence electrons. The van der Waals surface area contributed by atoms with Crippen molar-refractivity contribution in [2.24, 2.45) is 0 Å². The molecule has 0 amide bonds. The van der Waals surface area contributed by atoms with Crippen molar-refractivity contribution in [2.75, 3.05) is 24.3 Å². The monoisotopic (exact) mass is 453 g/mol. The molecular formula is C23H28BrN5. The highest BCUT2D eigenvalue weighted by molar-refractivity contribution is 9.10. The third-order valence-corrected chi connectivity index (χ3v) is 6.10. The number of benzene rings is 2. The van der Waals surface area contributed by atoms with E-state index in [0.717, 1.165) is 46.5 Å². The third-order valence-electron chi connectivity index (χ3n) is 5.58. The maximum Gasteiger partial charge on any atom is 0.225 e. The minimum Gasteiger partial charge on any atom is -0.362 e. The molecule has 0 radical (unpaired) electrons. The number of hydrogen-bond donors (Lipinski definition) is 2. The maximum absolute atomic E-state index is 4.78. The Kier molecular flexibility index (Phi) is 6.31. The van der Waals surface area contributed by atoms with Gasteiger partial charge in [0.15, 0.2) is 0 Å². The van der Waals surface area contributed by atoms with Crippen LogP contribution in [0, 0.1) is 0 Å². The van der Waals surface area contributed by atoms with Crippen molar-refractivity contribution in [2.45, 2.75) is 44.3 Å². The van der Waals surface area contributed by atoms with Crippen LogP contribution in [0.2, 0.25) is 0 Å². The molecule has 0 aliphatic heterocycles. The summed E-state index contributed by atoms with van der Waals surface area (Å²) in [6.45, 7) is 0.927. The lowest BCUT2D eigenvalue weighted by Crippen LogP contribution is -2.37. The lowest BCUT2D eigenvalue weighted by Gasteiger charge is -2.30. The Morgan fingerprint density at radius 1 is 0.931 bits per heavy atom. The largest absolute Gasteiger partial charge is 0.362 e. The van der Waals surface area contributed by atoms with Crippen molar-refractivity contribution in [3.63, 3.8) is 0 Å². The van der Waals surface area contributed by atoms with Gasteiger partial charge in [0, 0.05) is 42.6 Å². The topological polar surface area (TPSA) is 53.1 Å². The van der Waals surface area contributed by atoms with Gasteiger partial charge in [0.25, 0.3) is 0 Å². The Bertz CT molecular complexity index is 949. The lowest BCUT2D eigenvalue weighted by atomic mass is 9.91. The third kappa shape index (κ3) is 5.06. The summed E-state index contributed by atoms with van der Waals surface area (Å²) in [4.78, 5) is 11.6. The highest BCUT2D eigenvalue weighted by atomic mass is 79.9. The van der Waals surface area contributed by atoms with Crippen LogP contribution in [0.1, 0.15) is 31.2 Å². The number of halogens is 1. The van der Waals surface area contributed by atoms with E-state index in [-0.39, 0.29) is 0 Å². The Balaban J connectivity index is 1.34. The van der Waals surface area contributed by atoms with Crippen molar-refractivity contribution >= 4 is 38.6 Å². The summed E-state index contributed by atoms with van der Waals surface area (Å²) in [5.74, 6) is 1.70. The normalized spacial score (nSPS) is 19.3. The van der Waals surface area contributed by atoms with Crippen LogP contribution in [0.5, 0.6) is 0 Å². The molecule has 0 unspecified atom stereocenters. The van der Waals surface area contributed by atoms with E-state index in [0.29, 0.717) is 12.1 Å². The Hall–Kier alpha value is -2.18. The molecule has 3 aromatic rings. The molecule has 0 saturated heterocycles. The second-order valence-corrected chi connectivity index (χ2v) is 8.90. The first-order valence-electron chi connectivity index (χ1n) is 10.3. The molecule has 0 atom stereocenters. The fraction of sp³-hybridized carbons (Fsp3) is 0.391. The summed E-state index contributed by atoms with van der Waals surface area (Å²) in [5.41, 5.74) is 2.31. The van der Waals surface area contributed by atoms with E-state index in [1.165, 1.54) is 18.4 Å². The lowest BCUT2D eigenvalue weighted by molar-refractivity contribution is 0.352. The molecule has 1 aliphatic carbocycles. The van der Waals surface area contributed by atoms with Crippen LogP contribution < -0.4 is 15.5 Å². The van der Waals surface area contributed by atoms with Crippen molar-refractivity contribution < 1.29 is 0 Å². The van der Waals surface area contributed by atoms with Gasteiger partial charge in [0.1, 0.15) is 5.82 Å². The van der Waals surface area contributed by atoms with Gasteiger partial charge in [0.05, 0.1) is 5.52 Å². The second-order valence-electron chi connectivity index (χ2n) is 7.98. The van der Waals surface area contributed by atoms with Gasteiger partial charge in [-0.3, -0.25) is 0 Å². The second kappa shape index (κ2) is 9.09. The highest BCUT2D eigenvalue weighted by Crippen LogP contribution is 2.26. The van der Waals surface area contributed by atoms with Gasteiger partial charge >= 0.3 is 0 Å². The number of fused-ring (bicyclic) bond motifs is 1. The number of anilines is 2. The van der Waals surface area contributed by atoms with E-state index in [1.54, 1.807) is 0 Å². The number of nitrogens with one attached hydrogen (secondary N) is 2. The van der Waals surface area contributed by atoms with Crippen LogP contribution in [0.4, 0.5) is 11.8 Å². The number of hydrogen-bond acceptors (Lipinski definition) is 5. The molecule has 1 fully saturated rings. The van der Waals surface area contributed by atoms with E-state index < -0.39 is 0 Å². The first-order valence-corrected chi connectivity index (χ1v) is 11.1. The van der Waals surface area contributed by atoms with E-state index in [9.17, 15) is 0 Å². The van der Waals surface area contributed by atoms with Crippen LogP contribution in [0.3, 0.4) is 0 Å². The van der Waals surface area contributed by atoms with Gasteiger partial charge in [-0.15, -0.1) is 0 Å². The highest BCUT2D eigenvalue weighted by Gasteiger charge is 2.22. The minimum atomic E-state index is 0.428. The molecule has 5 nitrogen and oxygen atoms in total. The summed E-state index contributed by atoms with van der Waals surface area (Å²) < 4.78 is 1.13. The van der Waals surface area contributed by atoms with Crippen LogP contribution in [0.15, 0.2) is 53.0 Å². The summed E-state index contributed by atoms with van der Waals surface area (Å²) in [7, 11) is 4.06. The Labute approximate surface area is 181 Å². The molecule has 0 spiro atoms. The van der Waals surface area contributed by atoms with Gasteiger partial charge in [-0.05, 0) is 55.5 Å². The zero-order chi connectivity index (χ0) is 20.2. The quantitative estimate of drug-likeness (QED) is 0.551. The van der Waals surface area contributed by atoms with Crippen LogP contribution in [0.25, 0.3) is 10.9 Å². The average molecular weight is 454 g/mol. The summed E-state index contributed by atoms with van der Waals surface area (Å²) in [5, 5.41) is 8.38. The number of para-hydroxylation sites is 1. The summed E-state index contributed by atoms with van der Waals surface area (Å²) >= 11 is 3.49. The zero-order valence-corrected chi connectivity index (χ0v) is 18.6. The molecule has 1 saturated carbocycles. The Morgan fingerprint density at radius 3 is 2.34 bits per heavy atom. The van der Waals surface area contributed by atoms with Crippen molar-refractivity contribution in [1.29, 1.82) is 0 Å². The van der Waals surface area contributed by atoms with Gasteiger partial charge in [-0.2, -0.15) is 4.98 Å². The van der Waals surface area contributed by atoms with Gasteiger partial charge in [-0.25, -0.2) is 4.98 Å². The van der Waals surface area contributed by atoms with Gasteiger partial charge < -0.3 is 15.5 Å². The molecule has 4 rings (SSSR count). The number of rotatable bonds is 6. The SMILES string of the molecule is CN(C)c1nc(N[C@H]2CC[C@@H](NCc3ccc(Br)cc3)CC2)nc2ccccc12. The number of aromatic nitrogens is 2. The standard InChI is InChI=1S/C23H28BrN5/c1-29(2)22-20-5-3-4-6-21(20)27-23(28-22)26-19-13-11-18(12-14-19)25-15-16-7-9-17(24)10-8-16/h3-10,18-19,25H,11-15H2,1-2H3,(H,26,27,28)/t18-,19+. The molecule has 2 N–H and O–H groups in total. The fourth-order valence-electron chi connectivity index (χ4n) is 3.95. The van der Waals surface area contributed by atoms with Gasteiger partial charge in [0.2, 0.25) is 5.95 Å². The van der Waals surface area contributed by atoms with Crippen LogP contribution >= 0.6 is 15.9 Å². The van der Waals surface area contributed by atoms with Crippen molar-refractivity contribution in [1.82, 2.24) is 15.3 Å². The van der Waals surface area contributed by atoms with Crippen molar-refractivity contribution in [3.8, 4) is 0 Å². The first kappa shape index (κ1) is 20.1. The van der Waals surface area contributed by atoms with Crippen LogP contribution in [-0.4, -0.2) is 36.1 Å². The molecule has 1 aromatic heterocycles. The van der Waals surface area contributed by atoms with E-state index >= 15 is 0 Å². The molecule has 2 aromatic carbocycles. The van der Waals surface area contributed by atoms with Crippen molar-refractivity contribution in [3.05, 3.63) is 58.6 Å². The van der Waals surface area contributed by atoms with E-state index in [4.69, 9.17) is 9.97 Å². The molecular weight excluding hydrogens is 426 g/mol. The minimum absolute atomic E-state index is 0.428. The van der Waals surface area contributed by atoms with Gasteiger partial charge in [-0.1, -0.05) is 40.2 Å². The van der Waals surface area contributed by atoms with Crippen LogP contribution in [-0.2, 0) is 6.54 Å². The predicted octanol–water partition coefficient (Wildman–Crippen LogP) is 4.97. The van der Waals surface area contributed by atoms with E-state index in [1.807, 2.05) is 26.2 Å².